The van der Waals surface area contributed by atoms with Crippen molar-refractivity contribution in [1.82, 2.24) is 5.32 Å². The second-order valence-electron chi connectivity index (χ2n) is 3.28. The second-order valence-corrected chi connectivity index (χ2v) is 3.28. The molecule has 1 amide bonds. The molecule has 2 fully saturated rings. The van der Waals surface area contributed by atoms with E-state index < -0.39 is 43.3 Å². The SMILES string of the molecule is O=C1N[C@H]2O[C@@H]([C@@H](O)CO)[C@@H](O)[C@H]2O1. The number of aliphatic hydroxyl groups excluding tert-OH is 3. The topological polar surface area (TPSA) is 108 Å². The molecule has 5 atom stereocenters. The van der Waals surface area contributed by atoms with Crippen LogP contribution in [0.5, 0.6) is 0 Å². The average molecular weight is 205 g/mol. The summed E-state index contributed by atoms with van der Waals surface area (Å²) in [5.41, 5.74) is 0. The first-order chi connectivity index (χ1) is 6.63. The number of carbonyl (C=O) groups excluding carboxylic acids is 1. The molecule has 0 aromatic carbocycles. The quantitative estimate of drug-likeness (QED) is 0.398. The molecule has 4 N–H and O–H groups in total. The first kappa shape index (κ1) is 9.66. The minimum Gasteiger partial charge on any atom is -0.438 e. The largest absolute Gasteiger partial charge is 0.438 e. The maximum Gasteiger partial charge on any atom is 0.409 e. The summed E-state index contributed by atoms with van der Waals surface area (Å²) in [7, 11) is 0. The van der Waals surface area contributed by atoms with Crippen molar-refractivity contribution >= 4 is 6.09 Å². The third-order valence-electron chi connectivity index (χ3n) is 2.34. The van der Waals surface area contributed by atoms with E-state index in [9.17, 15) is 15.0 Å². The standard InChI is InChI=1S/C7H11NO6/c9-1-2(10)4-3(11)5-6(13-4)8-7(12)14-5/h2-6,9-11H,1H2,(H,8,12)/t2-,3+,4-,5+,6-/m0/s1. The number of fused-ring (bicyclic) bond motifs is 1. The Balaban J connectivity index is 2.05. The number of rotatable bonds is 2. The normalized spacial score (nSPS) is 42.9. The van der Waals surface area contributed by atoms with Gasteiger partial charge in [-0.1, -0.05) is 0 Å². The molecule has 0 unspecified atom stereocenters. The summed E-state index contributed by atoms with van der Waals surface area (Å²) in [6.07, 6.45) is -5.46. The maximum atomic E-state index is 10.7. The molecule has 0 spiro atoms. The second kappa shape index (κ2) is 3.35. The summed E-state index contributed by atoms with van der Waals surface area (Å²) in [5, 5.41) is 29.8. The van der Waals surface area contributed by atoms with E-state index in [1.54, 1.807) is 0 Å². The van der Waals surface area contributed by atoms with Gasteiger partial charge in [-0.3, -0.25) is 5.32 Å². The Bertz CT molecular complexity index is 246. The monoisotopic (exact) mass is 205 g/mol. The molecule has 2 saturated heterocycles. The number of hydrogen-bond acceptors (Lipinski definition) is 6. The third kappa shape index (κ3) is 1.34. The Labute approximate surface area is 79.2 Å². The van der Waals surface area contributed by atoms with Crippen LogP contribution < -0.4 is 5.32 Å². The number of ether oxygens (including phenoxy) is 2. The first-order valence-corrected chi connectivity index (χ1v) is 4.23. The lowest BCUT2D eigenvalue weighted by Crippen LogP contribution is -2.41. The van der Waals surface area contributed by atoms with Crippen molar-refractivity contribution in [2.45, 2.75) is 30.6 Å². The highest BCUT2D eigenvalue weighted by atomic mass is 16.6. The fourth-order valence-corrected chi connectivity index (χ4v) is 1.64. The minimum absolute atomic E-state index is 0.519. The van der Waals surface area contributed by atoms with Gasteiger partial charge in [0.2, 0.25) is 0 Å². The van der Waals surface area contributed by atoms with E-state index in [2.05, 4.69) is 5.32 Å². The van der Waals surface area contributed by atoms with Crippen LogP contribution >= 0.6 is 0 Å². The number of hydrogen-bond donors (Lipinski definition) is 4. The van der Waals surface area contributed by atoms with Gasteiger partial charge in [-0.25, -0.2) is 4.79 Å². The summed E-state index contributed by atoms with van der Waals surface area (Å²) < 4.78 is 9.81. The van der Waals surface area contributed by atoms with Crippen LogP contribution in [0, 0.1) is 0 Å². The molecule has 0 aliphatic carbocycles. The predicted molar refractivity (Wildman–Crippen MR) is 41.2 cm³/mol. The Morgan fingerprint density at radius 3 is 2.86 bits per heavy atom. The van der Waals surface area contributed by atoms with Gasteiger partial charge in [-0.15, -0.1) is 0 Å². The van der Waals surface area contributed by atoms with Crippen LogP contribution in [-0.4, -0.2) is 58.7 Å². The molecule has 0 aromatic heterocycles. The number of aliphatic hydroxyl groups is 3. The van der Waals surface area contributed by atoms with E-state index in [1.165, 1.54) is 0 Å². The van der Waals surface area contributed by atoms with Gasteiger partial charge >= 0.3 is 6.09 Å². The van der Waals surface area contributed by atoms with E-state index in [1.807, 2.05) is 0 Å². The molecule has 7 heteroatoms. The molecule has 2 heterocycles. The summed E-state index contributed by atoms with van der Waals surface area (Å²) in [4.78, 5) is 10.7. The summed E-state index contributed by atoms with van der Waals surface area (Å²) >= 11 is 0. The number of amides is 1. The predicted octanol–water partition coefficient (Wildman–Crippen LogP) is -2.47. The van der Waals surface area contributed by atoms with Crippen molar-refractivity contribution in [3.8, 4) is 0 Å². The highest BCUT2D eigenvalue weighted by molar-refractivity contribution is 5.70. The van der Waals surface area contributed by atoms with E-state index in [0.29, 0.717) is 0 Å². The Morgan fingerprint density at radius 2 is 2.29 bits per heavy atom. The van der Waals surface area contributed by atoms with Crippen molar-refractivity contribution in [2.75, 3.05) is 6.61 Å². The van der Waals surface area contributed by atoms with Crippen LogP contribution in [0.1, 0.15) is 0 Å². The van der Waals surface area contributed by atoms with Gasteiger partial charge in [-0.05, 0) is 0 Å². The smallest absolute Gasteiger partial charge is 0.409 e. The van der Waals surface area contributed by atoms with E-state index in [0.717, 1.165) is 0 Å². The molecule has 7 nitrogen and oxygen atoms in total. The molecule has 0 saturated carbocycles. The average Bonchev–Trinajstić information content (AvgIpc) is 2.64. The molecule has 2 aliphatic heterocycles. The number of carbonyl (C=O) groups is 1. The van der Waals surface area contributed by atoms with Crippen molar-refractivity contribution < 1.29 is 29.6 Å². The molecular weight excluding hydrogens is 194 g/mol. The highest BCUT2D eigenvalue weighted by Gasteiger charge is 2.52. The van der Waals surface area contributed by atoms with Crippen molar-refractivity contribution in [1.29, 1.82) is 0 Å². The highest BCUT2D eigenvalue weighted by Crippen LogP contribution is 2.28. The Kier molecular flexibility index (Phi) is 2.31. The van der Waals surface area contributed by atoms with Crippen molar-refractivity contribution in [3.63, 3.8) is 0 Å². The van der Waals surface area contributed by atoms with Crippen molar-refractivity contribution in [3.05, 3.63) is 0 Å². The van der Waals surface area contributed by atoms with Gasteiger partial charge in [0.1, 0.15) is 18.3 Å². The molecular formula is C7H11NO6. The molecule has 0 bridgehead atoms. The van der Waals surface area contributed by atoms with E-state index >= 15 is 0 Å². The lowest BCUT2D eigenvalue weighted by atomic mass is 10.1. The van der Waals surface area contributed by atoms with Crippen LogP contribution in [0.2, 0.25) is 0 Å². The van der Waals surface area contributed by atoms with Gasteiger partial charge in [0.15, 0.2) is 12.3 Å². The Hall–Kier alpha value is -0.890. The third-order valence-corrected chi connectivity index (χ3v) is 2.34. The van der Waals surface area contributed by atoms with Crippen LogP contribution in [0.3, 0.4) is 0 Å². The fraction of sp³-hybridized carbons (Fsp3) is 0.857. The Morgan fingerprint density at radius 1 is 1.57 bits per heavy atom. The molecule has 2 aliphatic rings. The summed E-state index contributed by atoms with van der Waals surface area (Å²) in [6.45, 7) is -0.519. The van der Waals surface area contributed by atoms with Gasteiger partial charge in [0, 0.05) is 0 Å². The van der Waals surface area contributed by atoms with E-state index in [-0.39, 0.29) is 0 Å². The van der Waals surface area contributed by atoms with Gasteiger partial charge in [0.05, 0.1) is 6.61 Å². The van der Waals surface area contributed by atoms with E-state index in [4.69, 9.17) is 14.6 Å². The molecule has 0 radical (unpaired) electrons. The van der Waals surface area contributed by atoms with Crippen molar-refractivity contribution in [2.24, 2.45) is 0 Å². The minimum atomic E-state index is -1.18. The zero-order valence-electron chi connectivity index (χ0n) is 7.16. The van der Waals surface area contributed by atoms with Gasteiger partial charge in [-0.2, -0.15) is 0 Å². The molecule has 0 aromatic rings. The van der Waals surface area contributed by atoms with Crippen LogP contribution in [0.4, 0.5) is 4.79 Å². The number of nitrogens with one attached hydrogen (secondary N) is 1. The summed E-state index contributed by atoms with van der Waals surface area (Å²) in [5.74, 6) is 0. The molecule has 2 rings (SSSR count). The fourth-order valence-electron chi connectivity index (χ4n) is 1.64. The molecule has 14 heavy (non-hydrogen) atoms. The van der Waals surface area contributed by atoms with Crippen LogP contribution in [0.25, 0.3) is 0 Å². The lowest BCUT2D eigenvalue weighted by Gasteiger charge is -2.19. The van der Waals surface area contributed by atoms with Gasteiger partial charge in [0.25, 0.3) is 0 Å². The number of alkyl carbamates (subject to hydrolysis) is 1. The maximum absolute atomic E-state index is 10.7. The van der Waals surface area contributed by atoms with Crippen LogP contribution in [0.15, 0.2) is 0 Å². The van der Waals surface area contributed by atoms with Gasteiger partial charge < -0.3 is 24.8 Å². The zero-order chi connectivity index (χ0) is 10.3. The first-order valence-electron chi connectivity index (χ1n) is 4.23. The zero-order valence-corrected chi connectivity index (χ0v) is 7.16. The molecule has 80 valence electrons. The summed E-state index contributed by atoms with van der Waals surface area (Å²) in [6, 6.07) is 0. The van der Waals surface area contributed by atoms with Crippen LogP contribution in [-0.2, 0) is 9.47 Å². The lowest BCUT2D eigenvalue weighted by molar-refractivity contribution is -0.0862.